The van der Waals surface area contributed by atoms with Crippen LogP contribution in [-0.2, 0) is 13.0 Å². The molecular weight excluding hydrogens is 737 g/mol. The summed E-state index contributed by atoms with van der Waals surface area (Å²) < 4.78 is 14.9. The van der Waals surface area contributed by atoms with Crippen molar-refractivity contribution in [1.82, 2.24) is 4.57 Å². The molecule has 0 N–H and O–H groups in total. The molecule has 4 aromatic carbocycles. The number of nitro benzene ring substituents is 1. The smallest absolute Gasteiger partial charge is 0.271 e. The average Bonchev–Trinajstić information content (AvgIpc) is 3.37. The van der Waals surface area contributed by atoms with Crippen molar-refractivity contribution in [2.24, 2.45) is 4.99 Å². The molecule has 230 valence electrons. The van der Waals surface area contributed by atoms with E-state index in [2.05, 4.69) is 40.8 Å². The highest BCUT2D eigenvalue weighted by molar-refractivity contribution is 14.1. The molecule has 0 bridgehead atoms. The van der Waals surface area contributed by atoms with Gasteiger partial charge >= 0.3 is 0 Å². The number of halogens is 2. The van der Waals surface area contributed by atoms with Crippen LogP contribution in [-0.4, -0.2) is 16.6 Å². The fourth-order valence-electron chi connectivity index (χ4n) is 5.95. The lowest BCUT2D eigenvalue weighted by atomic mass is 9.83. The third-order valence-corrected chi connectivity index (χ3v) is 10.2. The molecule has 7 rings (SSSR count). The summed E-state index contributed by atoms with van der Waals surface area (Å²) >= 11 is 9.81. The van der Waals surface area contributed by atoms with Crippen molar-refractivity contribution < 1.29 is 14.4 Å². The summed E-state index contributed by atoms with van der Waals surface area (Å²) in [4.78, 5) is 30.4. The van der Waals surface area contributed by atoms with Gasteiger partial charge in [-0.1, -0.05) is 59.3 Å². The zero-order valence-corrected chi connectivity index (χ0v) is 28.1. The SMILES string of the molecule is COc1cc(C=c2sc3n(c2=O)C(c2ccc(Cl)cc2)C2=C(N=3)c3ccccc3CC2)cc(I)c1OCc1ccc([N+](=O)[O-])cc1. The highest BCUT2D eigenvalue weighted by Gasteiger charge is 2.32. The molecule has 0 saturated carbocycles. The van der Waals surface area contributed by atoms with Gasteiger partial charge in [-0.15, -0.1) is 0 Å². The van der Waals surface area contributed by atoms with Crippen molar-refractivity contribution in [3.8, 4) is 11.5 Å². The van der Waals surface area contributed by atoms with Crippen molar-refractivity contribution in [3.05, 3.63) is 157 Å². The number of ether oxygens (including phenoxy) is 2. The number of rotatable bonds is 7. The number of allylic oxidation sites excluding steroid dienone is 1. The minimum Gasteiger partial charge on any atom is -0.493 e. The molecule has 2 aliphatic rings. The Labute approximate surface area is 286 Å². The zero-order chi connectivity index (χ0) is 31.9. The molecule has 5 aromatic rings. The number of hydrogen-bond acceptors (Lipinski definition) is 7. The summed E-state index contributed by atoms with van der Waals surface area (Å²) in [6, 6.07) is 25.8. The van der Waals surface area contributed by atoms with E-state index in [4.69, 9.17) is 26.1 Å². The van der Waals surface area contributed by atoms with Crippen LogP contribution < -0.4 is 24.4 Å². The van der Waals surface area contributed by atoms with E-state index in [1.807, 2.05) is 53.1 Å². The van der Waals surface area contributed by atoms with Crippen LogP contribution in [0.2, 0.25) is 5.02 Å². The monoisotopic (exact) mass is 761 g/mol. The third kappa shape index (κ3) is 5.65. The first kappa shape index (κ1) is 30.4. The summed E-state index contributed by atoms with van der Waals surface area (Å²) in [5.74, 6) is 1.06. The molecule has 8 nitrogen and oxygen atoms in total. The number of thiazole rings is 1. The van der Waals surface area contributed by atoms with E-state index >= 15 is 0 Å². The quantitative estimate of drug-likeness (QED) is 0.101. The van der Waals surface area contributed by atoms with Crippen molar-refractivity contribution in [1.29, 1.82) is 0 Å². The van der Waals surface area contributed by atoms with Gasteiger partial charge in [-0.2, -0.15) is 0 Å². The van der Waals surface area contributed by atoms with Gasteiger partial charge in [-0.3, -0.25) is 19.5 Å². The van der Waals surface area contributed by atoms with Crippen molar-refractivity contribution in [2.75, 3.05) is 7.11 Å². The molecule has 1 aliphatic carbocycles. The molecule has 1 atom stereocenters. The fraction of sp³-hybridized carbons (Fsp3) is 0.143. The number of benzene rings is 4. The second kappa shape index (κ2) is 12.5. The van der Waals surface area contributed by atoms with Gasteiger partial charge in [0.05, 0.1) is 31.9 Å². The predicted octanol–water partition coefficient (Wildman–Crippen LogP) is 7.07. The van der Waals surface area contributed by atoms with Crippen LogP contribution in [0.3, 0.4) is 0 Å². The van der Waals surface area contributed by atoms with Gasteiger partial charge in [0, 0.05) is 22.7 Å². The Balaban J connectivity index is 1.28. The molecule has 1 unspecified atom stereocenters. The molecule has 2 heterocycles. The Bertz CT molecular complexity index is 2230. The predicted molar refractivity (Wildman–Crippen MR) is 187 cm³/mol. The van der Waals surface area contributed by atoms with Crippen LogP contribution in [0.25, 0.3) is 11.8 Å². The lowest BCUT2D eigenvalue weighted by Gasteiger charge is -2.30. The molecule has 0 fully saturated rings. The van der Waals surface area contributed by atoms with E-state index in [1.54, 1.807) is 19.2 Å². The second-order valence-corrected chi connectivity index (χ2v) is 13.5. The summed E-state index contributed by atoms with van der Waals surface area (Å²) in [6.45, 7) is 0.209. The van der Waals surface area contributed by atoms with E-state index in [0.717, 1.165) is 49.9 Å². The minimum absolute atomic E-state index is 0.0232. The number of fused-ring (bicyclic) bond motifs is 3. The maximum Gasteiger partial charge on any atom is 0.271 e. The molecule has 1 aliphatic heterocycles. The van der Waals surface area contributed by atoms with Gasteiger partial charge in [-0.05, 0) is 106 Å². The van der Waals surface area contributed by atoms with Crippen LogP contribution in [0.1, 0.15) is 40.3 Å². The van der Waals surface area contributed by atoms with Crippen molar-refractivity contribution >= 4 is 63.0 Å². The largest absolute Gasteiger partial charge is 0.493 e. The van der Waals surface area contributed by atoms with Gasteiger partial charge in [0.1, 0.15) is 6.61 Å². The van der Waals surface area contributed by atoms with Crippen molar-refractivity contribution in [3.63, 3.8) is 0 Å². The number of nitro groups is 1. The van der Waals surface area contributed by atoms with Gasteiger partial charge in [0.2, 0.25) is 0 Å². The molecule has 46 heavy (non-hydrogen) atoms. The van der Waals surface area contributed by atoms with E-state index in [-0.39, 0.29) is 23.9 Å². The highest BCUT2D eigenvalue weighted by Crippen LogP contribution is 2.41. The Morgan fingerprint density at radius 2 is 1.85 bits per heavy atom. The minimum atomic E-state index is -0.433. The summed E-state index contributed by atoms with van der Waals surface area (Å²) in [7, 11) is 1.57. The van der Waals surface area contributed by atoms with E-state index in [0.29, 0.717) is 25.9 Å². The molecule has 0 saturated heterocycles. The lowest BCUT2D eigenvalue weighted by molar-refractivity contribution is -0.384. The van der Waals surface area contributed by atoms with E-state index < -0.39 is 4.92 Å². The molecule has 0 spiro atoms. The number of nitrogens with zero attached hydrogens (tertiary/aromatic N) is 3. The van der Waals surface area contributed by atoms with Crippen LogP contribution in [0.5, 0.6) is 11.5 Å². The number of methoxy groups -OCH3 is 1. The zero-order valence-electron chi connectivity index (χ0n) is 24.4. The maximum absolute atomic E-state index is 14.2. The summed E-state index contributed by atoms with van der Waals surface area (Å²) in [5.41, 5.74) is 6.92. The highest BCUT2D eigenvalue weighted by atomic mass is 127. The molecule has 11 heteroatoms. The van der Waals surface area contributed by atoms with Crippen LogP contribution >= 0.6 is 45.5 Å². The van der Waals surface area contributed by atoms with E-state index in [9.17, 15) is 14.9 Å². The normalized spacial score (nSPS) is 15.5. The Kier molecular flexibility index (Phi) is 8.26. The first-order chi connectivity index (χ1) is 22.3. The number of hydrogen-bond donors (Lipinski definition) is 0. The lowest BCUT2D eigenvalue weighted by Crippen LogP contribution is -2.38. The van der Waals surface area contributed by atoms with E-state index in [1.165, 1.54) is 29.0 Å². The van der Waals surface area contributed by atoms with Crippen LogP contribution in [0.4, 0.5) is 5.69 Å². The number of aryl methyl sites for hydroxylation is 1. The van der Waals surface area contributed by atoms with Gasteiger partial charge in [0.25, 0.3) is 11.2 Å². The fourth-order valence-corrected chi connectivity index (χ4v) is 7.86. The van der Waals surface area contributed by atoms with Crippen LogP contribution in [0, 0.1) is 13.7 Å². The molecule has 1 aromatic heterocycles. The second-order valence-electron chi connectivity index (χ2n) is 10.9. The van der Waals surface area contributed by atoms with Gasteiger partial charge < -0.3 is 9.47 Å². The maximum atomic E-state index is 14.2. The first-order valence-electron chi connectivity index (χ1n) is 14.4. The van der Waals surface area contributed by atoms with Crippen molar-refractivity contribution in [2.45, 2.75) is 25.5 Å². The summed E-state index contributed by atoms with van der Waals surface area (Å²) in [6.07, 6.45) is 3.56. The Hall–Kier alpha value is -4.26. The standard InChI is InChI=1S/C35H25ClIN3O5S/c1-44-29-17-21(16-28(37)33(29)45-19-20-6-13-25(14-7-20)40(42)43)18-30-34(41)39-32(23-8-11-24(36)12-9-23)27-15-10-22-4-2-3-5-26(22)31(27)38-35(39)46-30/h2-9,11-14,16-18,32H,10,15,19H2,1H3. The Morgan fingerprint density at radius 1 is 1.09 bits per heavy atom. The van der Waals surface area contributed by atoms with Gasteiger partial charge in [-0.25, -0.2) is 4.99 Å². The van der Waals surface area contributed by atoms with Gasteiger partial charge in [0.15, 0.2) is 16.3 Å². The first-order valence-corrected chi connectivity index (χ1v) is 16.7. The Morgan fingerprint density at radius 3 is 2.59 bits per heavy atom. The van der Waals surface area contributed by atoms with Crippen LogP contribution in [0.15, 0.2) is 100 Å². The molecular formula is C35H25ClIN3O5S. The summed E-state index contributed by atoms with van der Waals surface area (Å²) in [5, 5.41) is 11.6. The number of non-ortho nitro benzene ring substituents is 1. The average molecular weight is 762 g/mol. The molecule has 0 radical (unpaired) electrons. The molecule has 0 amide bonds. The number of aromatic nitrogens is 1. The third-order valence-electron chi connectivity index (χ3n) is 8.14. The topological polar surface area (TPSA) is 96.0 Å².